The highest BCUT2D eigenvalue weighted by Gasteiger charge is 2.13. The van der Waals surface area contributed by atoms with Gasteiger partial charge in [-0.05, 0) is 38.0 Å². The van der Waals surface area contributed by atoms with Crippen LogP contribution in [0.2, 0.25) is 0 Å². The lowest BCUT2D eigenvalue weighted by Crippen LogP contribution is -2.37. The summed E-state index contributed by atoms with van der Waals surface area (Å²) < 4.78 is 5.19. The molecule has 0 aliphatic rings. The maximum atomic E-state index is 10.6. The van der Waals surface area contributed by atoms with Crippen molar-refractivity contribution in [3.63, 3.8) is 0 Å². The van der Waals surface area contributed by atoms with Gasteiger partial charge in [0.25, 0.3) is 5.91 Å². The molecule has 18 heavy (non-hydrogen) atoms. The fourth-order valence-electron chi connectivity index (χ4n) is 1.32. The first kappa shape index (κ1) is 14.5. The molecule has 1 aromatic rings. The number of nitrogens with two attached hydrogens (primary N) is 1. The monoisotopic (exact) mass is 250 g/mol. The van der Waals surface area contributed by atoms with Gasteiger partial charge in [0.05, 0.1) is 0 Å². The first-order chi connectivity index (χ1) is 8.43. The Hall–Kier alpha value is -1.55. The van der Waals surface area contributed by atoms with Crippen LogP contribution in [0, 0.1) is 0 Å². The molecule has 0 bridgehead atoms. The van der Waals surface area contributed by atoms with Crippen molar-refractivity contribution in [3.05, 3.63) is 29.8 Å². The Morgan fingerprint density at radius 3 is 2.44 bits per heavy atom. The Labute approximate surface area is 109 Å². The minimum absolute atomic E-state index is 0.0829. The van der Waals surface area contributed by atoms with E-state index in [1.807, 2.05) is 24.3 Å². The fourth-order valence-corrected chi connectivity index (χ4v) is 1.32. The second kappa shape index (κ2) is 6.40. The molecule has 0 heterocycles. The van der Waals surface area contributed by atoms with Gasteiger partial charge in [0, 0.05) is 12.1 Å². The van der Waals surface area contributed by atoms with Gasteiger partial charge in [-0.2, -0.15) is 0 Å². The largest absolute Gasteiger partial charge is 0.484 e. The Morgan fingerprint density at radius 1 is 1.33 bits per heavy atom. The number of carbonyl (C=O) groups is 1. The van der Waals surface area contributed by atoms with Crippen LogP contribution in [0.15, 0.2) is 24.3 Å². The van der Waals surface area contributed by atoms with Crippen molar-refractivity contribution < 1.29 is 9.53 Å². The zero-order valence-electron chi connectivity index (χ0n) is 11.3. The van der Waals surface area contributed by atoms with Gasteiger partial charge in [0.15, 0.2) is 6.61 Å². The summed E-state index contributed by atoms with van der Waals surface area (Å²) in [6.45, 7) is 7.25. The van der Waals surface area contributed by atoms with E-state index in [1.54, 1.807) is 0 Å². The SMILES string of the molecule is CCC(C)(C)NCc1ccc(OCC(N)=O)cc1. The molecule has 1 rings (SSSR count). The molecule has 0 atom stereocenters. The molecule has 0 aliphatic heterocycles. The van der Waals surface area contributed by atoms with Crippen molar-refractivity contribution in [3.8, 4) is 5.75 Å². The molecule has 4 nitrogen and oxygen atoms in total. The van der Waals surface area contributed by atoms with Crippen LogP contribution in [0.25, 0.3) is 0 Å². The van der Waals surface area contributed by atoms with Crippen LogP contribution in [0.4, 0.5) is 0 Å². The molecule has 0 spiro atoms. The Bertz CT molecular complexity index is 385. The topological polar surface area (TPSA) is 64.3 Å². The molecule has 0 unspecified atom stereocenters. The van der Waals surface area contributed by atoms with Gasteiger partial charge < -0.3 is 15.8 Å². The third kappa shape index (κ3) is 5.19. The van der Waals surface area contributed by atoms with E-state index in [-0.39, 0.29) is 12.1 Å². The van der Waals surface area contributed by atoms with Crippen LogP contribution >= 0.6 is 0 Å². The van der Waals surface area contributed by atoms with E-state index in [1.165, 1.54) is 5.56 Å². The van der Waals surface area contributed by atoms with Gasteiger partial charge >= 0.3 is 0 Å². The van der Waals surface area contributed by atoms with Gasteiger partial charge in [-0.25, -0.2) is 0 Å². The van der Waals surface area contributed by atoms with Gasteiger partial charge in [0.2, 0.25) is 0 Å². The molecule has 0 aliphatic carbocycles. The van der Waals surface area contributed by atoms with Crippen molar-refractivity contribution in [1.29, 1.82) is 0 Å². The third-order valence-corrected chi connectivity index (χ3v) is 2.96. The Morgan fingerprint density at radius 2 is 1.94 bits per heavy atom. The minimum Gasteiger partial charge on any atom is -0.484 e. The first-order valence-electron chi connectivity index (χ1n) is 6.18. The zero-order chi connectivity index (χ0) is 13.6. The second-order valence-electron chi connectivity index (χ2n) is 4.99. The average molecular weight is 250 g/mol. The number of carbonyl (C=O) groups excluding carboxylic acids is 1. The molecule has 0 fully saturated rings. The predicted octanol–water partition coefficient (Wildman–Crippen LogP) is 1.83. The number of nitrogens with one attached hydrogen (secondary N) is 1. The predicted molar refractivity (Wildman–Crippen MR) is 72.3 cm³/mol. The number of hydrogen-bond acceptors (Lipinski definition) is 3. The van der Waals surface area contributed by atoms with Gasteiger partial charge in [-0.15, -0.1) is 0 Å². The molecule has 0 aromatic heterocycles. The van der Waals surface area contributed by atoms with Crippen LogP contribution in [-0.2, 0) is 11.3 Å². The number of rotatable bonds is 7. The summed E-state index contributed by atoms with van der Waals surface area (Å²) >= 11 is 0. The summed E-state index contributed by atoms with van der Waals surface area (Å²) in [4.78, 5) is 10.6. The van der Waals surface area contributed by atoms with E-state index in [0.717, 1.165) is 13.0 Å². The molecule has 4 heteroatoms. The number of ether oxygens (including phenoxy) is 1. The maximum absolute atomic E-state index is 10.6. The minimum atomic E-state index is -0.467. The van der Waals surface area contributed by atoms with E-state index < -0.39 is 5.91 Å². The standard InChI is InChI=1S/C14H22N2O2/c1-4-14(2,3)16-9-11-5-7-12(8-6-11)18-10-13(15)17/h5-8,16H,4,9-10H2,1-3H3,(H2,15,17). The molecular weight excluding hydrogens is 228 g/mol. The molecule has 3 N–H and O–H groups in total. The number of amides is 1. The lowest BCUT2D eigenvalue weighted by Gasteiger charge is -2.24. The molecule has 0 saturated carbocycles. The molecule has 1 aromatic carbocycles. The number of hydrogen-bond donors (Lipinski definition) is 2. The molecule has 0 radical (unpaired) electrons. The zero-order valence-corrected chi connectivity index (χ0v) is 11.3. The fraction of sp³-hybridized carbons (Fsp3) is 0.500. The molecular formula is C14H22N2O2. The highest BCUT2D eigenvalue weighted by molar-refractivity contribution is 5.75. The lowest BCUT2D eigenvalue weighted by molar-refractivity contribution is -0.119. The normalized spacial score (nSPS) is 11.3. The Balaban J connectivity index is 2.47. The Kier molecular flexibility index (Phi) is 5.16. The van der Waals surface area contributed by atoms with Crippen LogP contribution in [0.3, 0.4) is 0 Å². The van der Waals surface area contributed by atoms with E-state index >= 15 is 0 Å². The lowest BCUT2D eigenvalue weighted by atomic mass is 10.0. The molecule has 1 amide bonds. The molecule has 100 valence electrons. The van der Waals surface area contributed by atoms with Crippen molar-refractivity contribution in [2.45, 2.75) is 39.3 Å². The summed E-state index contributed by atoms with van der Waals surface area (Å²) in [6, 6.07) is 7.65. The van der Waals surface area contributed by atoms with Crippen LogP contribution in [0.5, 0.6) is 5.75 Å². The second-order valence-corrected chi connectivity index (χ2v) is 4.99. The summed E-state index contributed by atoms with van der Waals surface area (Å²) in [7, 11) is 0. The van der Waals surface area contributed by atoms with Gasteiger partial charge in [-0.1, -0.05) is 19.1 Å². The number of primary amides is 1. The van der Waals surface area contributed by atoms with Crippen molar-refractivity contribution in [2.75, 3.05) is 6.61 Å². The highest BCUT2D eigenvalue weighted by atomic mass is 16.5. The number of benzene rings is 1. The van der Waals surface area contributed by atoms with Gasteiger partial charge in [-0.3, -0.25) is 4.79 Å². The van der Waals surface area contributed by atoms with E-state index in [4.69, 9.17) is 10.5 Å². The van der Waals surface area contributed by atoms with E-state index in [2.05, 4.69) is 26.1 Å². The van der Waals surface area contributed by atoms with Crippen molar-refractivity contribution in [1.82, 2.24) is 5.32 Å². The van der Waals surface area contributed by atoms with Crippen molar-refractivity contribution in [2.24, 2.45) is 5.73 Å². The summed E-state index contributed by atoms with van der Waals surface area (Å²) in [5, 5.41) is 3.48. The highest BCUT2D eigenvalue weighted by Crippen LogP contribution is 2.14. The van der Waals surface area contributed by atoms with Crippen LogP contribution in [0.1, 0.15) is 32.8 Å². The maximum Gasteiger partial charge on any atom is 0.255 e. The van der Waals surface area contributed by atoms with Gasteiger partial charge in [0.1, 0.15) is 5.75 Å². The van der Waals surface area contributed by atoms with E-state index in [0.29, 0.717) is 5.75 Å². The molecule has 0 saturated heterocycles. The van der Waals surface area contributed by atoms with E-state index in [9.17, 15) is 4.79 Å². The summed E-state index contributed by atoms with van der Waals surface area (Å²) in [5.74, 6) is 0.192. The first-order valence-corrected chi connectivity index (χ1v) is 6.18. The third-order valence-electron chi connectivity index (χ3n) is 2.96. The smallest absolute Gasteiger partial charge is 0.255 e. The summed E-state index contributed by atoms with van der Waals surface area (Å²) in [6.07, 6.45) is 1.08. The summed E-state index contributed by atoms with van der Waals surface area (Å²) in [5.41, 5.74) is 6.33. The van der Waals surface area contributed by atoms with Crippen LogP contribution in [-0.4, -0.2) is 18.1 Å². The van der Waals surface area contributed by atoms with Crippen LogP contribution < -0.4 is 15.8 Å². The quantitative estimate of drug-likeness (QED) is 0.776. The average Bonchev–Trinajstić information content (AvgIpc) is 2.35. The van der Waals surface area contributed by atoms with Crippen molar-refractivity contribution >= 4 is 5.91 Å².